The van der Waals surface area contributed by atoms with Crippen LogP contribution in [-0.4, -0.2) is 31.3 Å². The van der Waals surface area contributed by atoms with Crippen LogP contribution in [0, 0.1) is 5.92 Å². The third kappa shape index (κ3) is 4.52. The van der Waals surface area contributed by atoms with Crippen molar-refractivity contribution in [3.8, 4) is 0 Å². The molecule has 1 saturated heterocycles. The Kier molecular flexibility index (Phi) is 5.23. The standard InChI is InChI=1S/C9H18N2OS/c12-9(7-13)11-6-8-2-1-4-10-5-3-8/h8,10,13H,1-7H2,(H,11,12). The molecule has 1 amide bonds. The zero-order chi connectivity index (χ0) is 9.52. The van der Waals surface area contributed by atoms with E-state index in [4.69, 9.17) is 0 Å². The normalized spacial score (nSPS) is 23.6. The van der Waals surface area contributed by atoms with Crippen LogP contribution in [0.5, 0.6) is 0 Å². The van der Waals surface area contributed by atoms with Crippen molar-refractivity contribution in [1.82, 2.24) is 10.6 Å². The molecule has 13 heavy (non-hydrogen) atoms. The molecule has 1 aliphatic rings. The first-order valence-corrected chi connectivity index (χ1v) is 5.54. The van der Waals surface area contributed by atoms with E-state index in [1.54, 1.807) is 0 Å². The molecule has 1 fully saturated rings. The van der Waals surface area contributed by atoms with Gasteiger partial charge in [0.1, 0.15) is 0 Å². The van der Waals surface area contributed by atoms with Crippen LogP contribution >= 0.6 is 12.6 Å². The molecule has 3 nitrogen and oxygen atoms in total. The quantitative estimate of drug-likeness (QED) is 0.581. The Morgan fingerprint density at radius 2 is 2.31 bits per heavy atom. The van der Waals surface area contributed by atoms with Crippen LogP contribution in [0.2, 0.25) is 0 Å². The molecule has 0 bridgehead atoms. The van der Waals surface area contributed by atoms with Crippen molar-refractivity contribution in [1.29, 1.82) is 0 Å². The molecule has 1 rings (SSSR count). The van der Waals surface area contributed by atoms with Crippen LogP contribution in [0.4, 0.5) is 0 Å². The van der Waals surface area contributed by atoms with Crippen LogP contribution in [0.3, 0.4) is 0 Å². The lowest BCUT2D eigenvalue weighted by Gasteiger charge is -2.13. The van der Waals surface area contributed by atoms with Crippen LogP contribution in [0.1, 0.15) is 19.3 Å². The van der Waals surface area contributed by atoms with E-state index in [2.05, 4.69) is 23.3 Å². The molecule has 76 valence electrons. The fraction of sp³-hybridized carbons (Fsp3) is 0.889. The maximum Gasteiger partial charge on any atom is 0.229 e. The summed E-state index contributed by atoms with van der Waals surface area (Å²) in [7, 11) is 0. The van der Waals surface area contributed by atoms with Gasteiger partial charge >= 0.3 is 0 Å². The van der Waals surface area contributed by atoms with Gasteiger partial charge in [-0.25, -0.2) is 0 Å². The molecule has 0 aromatic heterocycles. The maximum absolute atomic E-state index is 10.9. The number of carbonyl (C=O) groups excluding carboxylic acids is 1. The molecule has 0 spiro atoms. The first-order chi connectivity index (χ1) is 6.33. The van der Waals surface area contributed by atoms with Gasteiger partial charge in [-0.2, -0.15) is 12.6 Å². The fourth-order valence-corrected chi connectivity index (χ4v) is 1.72. The second kappa shape index (κ2) is 6.27. The first-order valence-electron chi connectivity index (χ1n) is 4.91. The number of carbonyl (C=O) groups is 1. The van der Waals surface area contributed by atoms with Crippen LogP contribution in [0.25, 0.3) is 0 Å². The van der Waals surface area contributed by atoms with Gasteiger partial charge in [0, 0.05) is 6.54 Å². The highest BCUT2D eigenvalue weighted by Gasteiger charge is 2.12. The average molecular weight is 202 g/mol. The fourth-order valence-electron chi connectivity index (χ4n) is 1.61. The van der Waals surface area contributed by atoms with Gasteiger partial charge in [-0.1, -0.05) is 0 Å². The van der Waals surface area contributed by atoms with Crippen molar-refractivity contribution in [3.05, 3.63) is 0 Å². The number of hydrogen-bond donors (Lipinski definition) is 3. The van der Waals surface area contributed by atoms with Crippen LogP contribution in [-0.2, 0) is 4.79 Å². The number of rotatable bonds is 3. The van der Waals surface area contributed by atoms with Gasteiger partial charge in [-0.3, -0.25) is 4.79 Å². The minimum atomic E-state index is 0.0422. The monoisotopic (exact) mass is 202 g/mol. The van der Waals surface area contributed by atoms with E-state index < -0.39 is 0 Å². The van der Waals surface area contributed by atoms with E-state index in [0.29, 0.717) is 11.7 Å². The zero-order valence-electron chi connectivity index (χ0n) is 7.88. The maximum atomic E-state index is 10.9. The smallest absolute Gasteiger partial charge is 0.229 e. The van der Waals surface area contributed by atoms with Crippen molar-refractivity contribution < 1.29 is 4.79 Å². The van der Waals surface area contributed by atoms with E-state index in [9.17, 15) is 4.79 Å². The molecule has 4 heteroatoms. The molecular formula is C9H18N2OS. The lowest BCUT2D eigenvalue weighted by Crippen LogP contribution is -2.30. The van der Waals surface area contributed by atoms with Gasteiger partial charge in [-0.05, 0) is 38.3 Å². The number of thiol groups is 1. The Morgan fingerprint density at radius 3 is 3.08 bits per heavy atom. The summed E-state index contributed by atoms with van der Waals surface area (Å²) < 4.78 is 0. The van der Waals surface area contributed by atoms with E-state index in [1.165, 1.54) is 19.3 Å². The molecule has 1 heterocycles. The lowest BCUT2D eigenvalue weighted by atomic mass is 10.0. The Bertz CT molecular complexity index is 156. The highest BCUT2D eigenvalue weighted by atomic mass is 32.1. The third-order valence-corrected chi connectivity index (χ3v) is 2.71. The van der Waals surface area contributed by atoms with E-state index in [-0.39, 0.29) is 5.91 Å². The van der Waals surface area contributed by atoms with Gasteiger partial charge in [0.05, 0.1) is 5.75 Å². The minimum Gasteiger partial charge on any atom is -0.355 e. The van der Waals surface area contributed by atoms with Gasteiger partial charge in [0.2, 0.25) is 5.91 Å². The molecule has 0 saturated carbocycles. The summed E-state index contributed by atoms with van der Waals surface area (Å²) in [6.45, 7) is 3.03. The van der Waals surface area contributed by atoms with Crippen molar-refractivity contribution in [2.75, 3.05) is 25.4 Å². The summed E-state index contributed by atoms with van der Waals surface area (Å²) in [5.74, 6) is 0.990. The van der Waals surface area contributed by atoms with Gasteiger partial charge in [0.15, 0.2) is 0 Å². The summed E-state index contributed by atoms with van der Waals surface area (Å²) >= 11 is 3.91. The highest BCUT2D eigenvalue weighted by molar-refractivity contribution is 7.81. The SMILES string of the molecule is O=C(CS)NCC1CCCNCC1. The third-order valence-electron chi connectivity index (χ3n) is 2.43. The Morgan fingerprint density at radius 1 is 1.46 bits per heavy atom. The van der Waals surface area contributed by atoms with Crippen LogP contribution in [0.15, 0.2) is 0 Å². The van der Waals surface area contributed by atoms with Crippen molar-refractivity contribution >= 4 is 18.5 Å². The summed E-state index contributed by atoms with van der Waals surface area (Å²) in [6, 6.07) is 0. The molecule has 1 aliphatic heterocycles. The number of hydrogen-bond acceptors (Lipinski definition) is 3. The average Bonchev–Trinajstić information content (AvgIpc) is 2.42. The molecule has 1 atom stereocenters. The van der Waals surface area contributed by atoms with E-state index in [1.807, 2.05) is 0 Å². The van der Waals surface area contributed by atoms with Crippen molar-refractivity contribution in [2.45, 2.75) is 19.3 Å². The second-order valence-corrected chi connectivity index (χ2v) is 3.83. The Labute approximate surface area is 85.1 Å². The minimum absolute atomic E-state index is 0.0422. The molecule has 0 radical (unpaired) electrons. The molecule has 1 unspecified atom stereocenters. The molecular weight excluding hydrogens is 184 g/mol. The van der Waals surface area contributed by atoms with Gasteiger partial charge < -0.3 is 10.6 Å². The number of nitrogens with one attached hydrogen (secondary N) is 2. The second-order valence-electron chi connectivity index (χ2n) is 3.51. The molecule has 0 aromatic rings. The summed E-state index contributed by atoms with van der Waals surface area (Å²) in [5, 5.41) is 6.24. The highest BCUT2D eigenvalue weighted by Crippen LogP contribution is 2.11. The van der Waals surface area contributed by atoms with E-state index in [0.717, 1.165) is 19.6 Å². The van der Waals surface area contributed by atoms with Crippen molar-refractivity contribution in [2.24, 2.45) is 5.92 Å². The molecule has 0 aromatic carbocycles. The summed E-state index contributed by atoms with van der Waals surface area (Å²) in [4.78, 5) is 10.9. The summed E-state index contributed by atoms with van der Waals surface area (Å²) in [6.07, 6.45) is 3.62. The Hall–Kier alpha value is -0.220. The zero-order valence-corrected chi connectivity index (χ0v) is 8.78. The van der Waals surface area contributed by atoms with Gasteiger partial charge in [0.25, 0.3) is 0 Å². The van der Waals surface area contributed by atoms with E-state index >= 15 is 0 Å². The summed E-state index contributed by atoms with van der Waals surface area (Å²) in [5.41, 5.74) is 0. The number of amides is 1. The Balaban J connectivity index is 2.15. The molecule has 0 aliphatic carbocycles. The lowest BCUT2D eigenvalue weighted by molar-refractivity contribution is -0.118. The first kappa shape index (κ1) is 10.9. The largest absolute Gasteiger partial charge is 0.355 e. The topological polar surface area (TPSA) is 41.1 Å². The predicted molar refractivity (Wildman–Crippen MR) is 57.1 cm³/mol. The molecule has 2 N–H and O–H groups in total. The van der Waals surface area contributed by atoms with Crippen LogP contribution < -0.4 is 10.6 Å². The van der Waals surface area contributed by atoms with Crippen molar-refractivity contribution in [3.63, 3.8) is 0 Å². The predicted octanol–water partition coefficient (Wildman–Crippen LogP) is 0.422. The van der Waals surface area contributed by atoms with Gasteiger partial charge in [-0.15, -0.1) is 0 Å².